The smallest absolute Gasteiger partial charge is 0.120 e. The van der Waals surface area contributed by atoms with Crippen molar-refractivity contribution in [3.63, 3.8) is 0 Å². The first-order valence-corrected chi connectivity index (χ1v) is 7.07. The molecule has 0 aliphatic heterocycles. The zero-order chi connectivity index (χ0) is 14.6. The average Bonchev–Trinajstić information content (AvgIpc) is 2.39. The summed E-state index contributed by atoms with van der Waals surface area (Å²) in [6.45, 7) is 5.80. The highest BCUT2D eigenvalue weighted by Crippen LogP contribution is 2.37. The Bertz CT molecular complexity index is 580. The second kappa shape index (κ2) is 7.04. The van der Waals surface area contributed by atoms with Crippen LogP contribution in [0.25, 0.3) is 11.1 Å². The summed E-state index contributed by atoms with van der Waals surface area (Å²) < 4.78 is 0. The molecule has 2 aromatic rings. The first-order valence-electron chi connectivity index (χ1n) is 5.93. The number of aryl methyl sites for hydroxylation is 1. The van der Waals surface area contributed by atoms with Gasteiger partial charge in [0.15, 0.2) is 0 Å². The Morgan fingerprint density at radius 1 is 0.842 bits per heavy atom. The Kier molecular flexibility index (Phi) is 5.99. The standard InChI is InChI=1S/C13H9Cl3O.C2H6/c1-7-4-9(12(16)6-13(7)17)10-5-8(14)2-3-11(10)15;1-2/h2-6,17H,1H3;1-2H3. The minimum absolute atomic E-state index is 0.164. The summed E-state index contributed by atoms with van der Waals surface area (Å²) in [6.07, 6.45) is 0. The Morgan fingerprint density at radius 3 is 2.05 bits per heavy atom. The minimum Gasteiger partial charge on any atom is -0.508 e. The molecule has 0 aromatic heterocycles. The Labute approximate surface area is 128 Å². The van der Waals surface area contributed by atoms with E-state index < -0.39 is 0 Å². The predicted octanol–water partition coefficient (Wildman–Crippen LogP) is 6.35. The zero-order valence-electron chi connectivity index (χ0n) is 11.0. The molecule has 0 saturated carbocycles. The highest BCUT2D eigenvalue weighted by molar-refractivity contribution is 6.37. The second-order valence-corrected chi connectivity index (χ2v) is 4.99. The first kappa shape index (κ1) is 16.2. The van der Waals surface area contributed by atoms with E-state index in [-0.39, 0.29) is 5.75 Å². The summed E-state index contributed by atoms with van der Waals surface area (Å²) in [4.78, 5) is 0. The number of hydrogen-bond donors (Lipinski definition) is 1. The summed E-state index contributed by atoms with van der Waals surface area (Å²) in [5.41, 5.74) is 2.25. The highest BCUT2D eigenvalue weighted by atomic mass is 35.5. The van der Waals surface area contributed by atoms with Gasteiger partial charge in [0.25, 0.3) is 0 Å². The third-order valence-electron chi connectivity index (χ3n) is 2.50. The summed E-state index contributed by atoms with van der Waals surface area (Å²) >= 11 is 18.2. The lowest BCUT2D eigenvalue weighted by atomic mass is 10.0. The van der Waals surface area contributed by atoms with Crippen LogP contribution in [-0.4, -0.2) is 5.11 Å². The van der Waals surface area contributed by atoms with E-state index in [9.17, 15) is 5.11 Å². The molecule has 0 aliphatic rings. The van der Waals surface area contributed by atoms with E-state index >= 15 is 0 Å². The molecule has 19 heavy (non-hydrogen) atoms. The fraction of sp³-hybridized carbons (Fsp3) is 0.200. The van der Waals surface area contributed by atoms with Crippen molar-refractivity contribution in [2.24, 2.45) is 0 Å². The van der Waals surface area contributed by atoms with E-state index in [1.807, 2.05) is 13.8 Å². The van der Waals surface area contributed by atoms with Gasteiger partial charge in [0.2, 0.25) is 0 Å². The van der Waals surface area contributed by atoms with Crippen molar-refractivity contribution in [1.29, 1.82) is 0 Å². The van der Waals surface area contributed by atoms with Crippen molar-refractivity contribution in [3.8, 4) is 16.9 Å². The van der Waals surface area contributed by atoms with Crippen molar-refractivity contribution < 1.29 is 5.11 Å². The van der Waals surface area contributed by atoms with Crippen LogP contribution in [0.15, 0.2) is 30.3 Å². The Balaban J connectivity index is 0.000000861. The maximum Gasteiger partial charge on any atom is 0.120 e. The number of rotatable bonds is 1. The van der Waals surface area contributed by atoms with Gasteiger partial charge in [0.05, 0.1) is 5.02 Å². The van der Waals surface area contributed by atoms with Crippen molar-refractivity contribution >= 4 is 34.8 Å². The molecule has 2 rings (SSSR count). The molecular weight excluding hydrogens is 303 g/mol. The number of hydrogen-bond acceptors (Lipinski definition) is 1. The van der Waals surface area contributed by atoms with Gasteiger partial charge in [-0.1, -0.05) is 48.7 Å². The molecule has 1 nitrogen and oxygen atoms in total. The minimum atomic E-state index is 0.164. The quantitative estimate of drug-likeness (QED) is 0.649. The first-order chi connectivity index (χ1) is 8.99. The lowest BCUT2D eigenvalue weighted by Gasteiger charge is -2.10. The molecule has 102 valence electrons. The highest BCUT2D eigenvalue weighted by Gasteiger charge is 2.11. The van der Waals surface area contributed by atoms with Gasteiger partial charge in [-0.2, -0.15) is 0 Å². The van der Waals surface area contributed by atoms with Crippen LogP contribution in [0.1, 0.15) is 19.4 Å². The SMILES string of the molecule is CC.Cc1cc(-c2cc(Cl)ccc2Cl)c(Cl)cc1O. The van der Waals surface area contributed by atoms with E-state index in [2.05, 4.69) is 0 Å². The zero-order valence-corrected chi connectivity index (χ0v) is 13.2. The van der Waals surface area contributed by atoms with Gasteiger partial charge >= 0.3 is 0 Å². The van der Waals surface area contributed by atoms with Crippen molar-refractivity contribution in [1.82, 2.24) is 0 Å². The molecule has 0 amide bonds. The normalized spacial score (nSPS) is 9.79. The topological polar surface area (TPSA) is 20.2 Å². The molecule has 0 fully saturated rings. The average molecular weight is 318 g/mol. The number of benzene rings is 2. The van der Waals surface area contributed by atoms with Gasteiger partial charge in [-0.25, -0.2) is 0 Å². The maximum absolute atomic E-state index is 9.55. The lowest BCUT2D eigenvalue weighted by Crippen LogP contribution is -1.84. The van der Waals surface area contributed by atoms with E-state index in [0.29, 0.717) is 15.1 Å². The van der Waals surface area contributed by atoms with Gasteiger partial charge in [0.1, 0.15) is 5.75 Å². The molecule has 0 saturated heterocycles. The third-order valence-corrected chi connectivity index (χ3v) is 3.38. The van der Waals surface area contributed by atoms with Crippen LogP contribution in [0.3, 0.4) is 0 Å². The van der Waals surface area contributed by atoms with Crippen molar-refractivity contribution in [2.45, 2.75) is 20.8 Å². The van der Waals surface area contributed by atoms with Gasteiger partial charge in [-0.15, -0.1) is 0 Å². The van der Waals surface area contributed by atoms with E-state index in [1.165, 1.54) is 6.07 Å². The molecule has 0 radical (unpaired) electrons. The van der Waals surface area contributed by atoms with Gasteiger partial charge in [0, 0.05) is 21.2 Å². The molecule has 4 heteroatoms. The molecule has 2 aromatic carbocycles. The predicted molar refractivity (Wildman–Crippen MR) is 84.7 cm³/mol. The molecule has 0 aliphatic carbocycles. The van der Waals surface area contributed by atoms with E-state index in [1.54, 1.807) is 31.2 Å². The number of phenolic OH excluding ortho intramolecular Hbond substituents is 1. The van der Waals surface area contributed by atoms with Crippen LogP contribution in [-0.2, 0) is 0 Å². The van der Waals surface area contributed by atoms with Crippen LogP contribution < -0.4 is 0 Å². The molecule has 0 heterocycles. The number of halogens is 3. The molecule has 0 unspecified atom stereocenters. The van der Waals surface area contributed by atoms with Crippen LogP contribution in [0.4, 0.5) is 0 Å². The number of aromatic hydroxyl groups is 1. The van der Waals surface area contributed by atoms with Crippen LogP contribution >= 0.6 is 34.8 Å². The summed E-state index contributed by atoms with van der Waals surface area (Å²) in [5, 5.41) is 11.2. The molecular formula is C15H15Cl3O. The van der Waals surface area contributed by atoms with Gasteiger partial charge < -0.3 is 5.11 Å². The van der Waals surface area contributed by atoms with E-state index in [0.717, 1.165) is 16.7 Å². The molecule has 0 atom stereocenters. The summed E-state index contributed by atoms with van der Waals surface area (Å²) in [7, 11) is 0. The van der Waals surface area contributed by atoms with Gasteiger partial charge in [-0.3, -0.25) is 0 Å². The Hall–Kier alpha value is -0.890. The van der Waals surface area contributed by atoms with Crippen LogP contribution in [0.2, 0.25) is 15.1 Å². The third kappa shape index (κ3) is 3.79. The largest absolute Gasteiger partial charge is 0.508 e. The van der Waals surface area contributed by atoms with Gasteiger partial charge in [-0.05, 0) is 42.8 Å². The molecule has 0 bridgehead atoms. The molecule has 0 spiro atoms. The van der Waals surface area contributed by atoms with Crippen molar-refractivity contribution in [3.05, 3.63) is 51.0 Å². The maximum atomic E-state index is 9.55. The fourth-order valence-corrected chi connectivity index (χ4v) is 2.23. The number of phenols is 1. The lowest BCUT2D eigenvalue weighted by molar-refractivity contribution is 0.471. The summed E-state index contributed by atoms with van der Waals surface area (Å²) in [6, 6.07) is 8.48. The fourth-order valence-electron chi connectivity index (χ4n) is 1.58. The van der Waals surface area contributed by atoms with Crippen LogP contribution in [0, 0.1) is 6.92 Å². The monoisotopic (exact) mass is 316 g/mol. The summed E-state index contributed by atoms with van der Waals surface area (Å²) in [5.74, 6) is 0.164. The van der Waals surface area contributed by atoms with Crippen molar-refractivity contribution in [2.75, 3.05) is 0 Å². The molecule has 1 N–H and O–H groups in total. The second-order valence-electron chi connectivity index (χ2n) is 3.74. The Morgan fingerprint density at radius 2 is 1.42 bits per heavy atom. The van der Waals surface area contributed by atoms with E-state index in [4.69, 9.17) is 34.8 Å². The van der Waals surface area contributed by atoms with Crippen LogP contribution in [0.5, 0.6) is 5.75 Å².